The van der Waals surface area contributed by atoms with E-state index in [1.165, 1.54) is 25.3 Å². The molecule has 0 aliphatic heterocycles. The fourth-order valence-electron chi connectivity index (χ4n) is 1.57. The molecule has 0 atom stereocenters. The van der Waals surface area contributed by atoms with Crippen molar-refractivity contribution in [2.24, 2.45) is 5.92 Å². The van der Waals surface area contributed by atoms with E-state index < -0.39 is 22.4 Å². The van der Waals surface area contributed by atoms with E-state index in [2.05, 4.69) is 0 Å². The molecule has 0 saturated carbocycles. The third-order valence-electron chi connectivity index (χ3n) is 2.48. The van der Waals surface area contributed by atoms with Gasteiger partial charge in [0.1, 0.15) is 5.75 Å². The van der Waals surface area contributed by atoms with Gasteiger partial charge in [-0.1, -0.05) is 18.7 Å². The second-order valence-corrected chi connectivity index (χ2v) is 6.45. The normalized spacial score (nSPS) is 11.6. The Labute approximate surface area is 123 Å². The van der Waals surface area contributed by atoms with Crippen LogP contribution in [0.4, 0.5) is 0 Å². The SMILES string of the molecule is COc1ccc(S(=O)(=O)NOCC(C)C)c(CC(=O)O)c1. The monoisotopic (exact) mass is 317 g/mol. The Bertz CT molecular complexity index is 597. The minimum atomic E-state index is -3.95. The lowest BCUT2D eigenvalue weighted by Crippen LogP contribution is -2.27. The third kappa shape index (κ3) is 5.33. The highest BCUT2D eigenvalue weighted by atomic mass is 32.2. The van der Waals surface area contributed by atoms with Gasteiger partial charge in [-0.25, -0.2) is 8.42 Å². The Morgan fingerprint density at radius 3 is 2.57 bits per heavy atom. The molecule has 0 aromatic heterocycles. The highest BCUT2D eigenvalue weighted by Gasteiger charge is 2.21. The zero-order valence-electron chi connectivity index (χ0n) is 12.1. The van der Waals surface area contributed by atoms with Gasteiger partial charge < -0.3 is 9.84 Å². The molecule has 0 heterocycles. The number of methoxy groups -OCH3 is 1. The number of carboxylic acid groups (broad SMARTS) is 1. The lowest BCUT2D eigenvalue weighted by molar-refractivity contribution is -0.136. The summed E-state index contributed by atoms with van der Waals surface area (Å²) in [6.07, 6.45) is -0.433. The van der Waals surface area contributed by atoms with Crippen molar-refractivity contribution >= 4 is 16.0 Å². The first-order chi connectivity index (χ1) is 9.76. The predicted octanol–water partition coefficient (Wildman–Crippen LogP) is 1.19. The van der Waals surface area contributed by atoms with Gasteiger partial charge in [-0.3, -0.25) is 9.63 Å². The quantitative estimate of drug-likeness (QED) is 0.698. The van der Waals surface area contributed by atoms with Gasteiger partial charge >= 0.3 is 5.97 Å². The van der Waals surface area contributed by atoms with E-state index in [0.29, 0.717) is 5.75 Å². The molecule has 0 aliphatic rings. The summed E-state index contributed by atoms with van der Waals surface area (Å²) in [7, 11) is -2.53. The van der Waals surface area contributed by atoms with Crippen molar-refractivity contribution < 1.29 is 27.9 Å². The van der Waals surface area contributed by atoms with Crippen molar-refractivity contribution in [2.75, 3.05) is 13.7 Å². The second-order valence-electron chi connectivity index (χ2n) is 4.84. The van der Waals surface area contributed by atoms with E-state index in [9.17, 15) is 13.2 Å². The molecule has 0 bridgehead atoms. The van der Waals surface area contributed by atoms with E-state index in [1.54, 1.807) is 0 Å². The average Bonchev–Trinajstić information content (AvgIpc) is 2.36. The standard InChI is InChI=1S/C13H19NO6S/c1-9(2)8-20-14-21(17,18)12-5-4-11(19-3)6-10(12)7-13(15)16/h4-6,9,14H,7-8H2,1-3H3,(H,15,16). The molecule has 1 aromatic carbocycles. The van der Waals surface area contributed by atoms with Crippen LogP contribution in [0.2, 0.25) is 0 Å². The average molecular weight is 317 g/mol. The van der Waals surface area contributed by atoms with Crippen LogP contribution in [0.15, 0.2) is 23.1 Å². The number of hydrogen-bond acceptors (Lipinski definition) is 5. The Morgan fingerprint density at radius 1 is 1.38 bits per heavy atom. The number of aliphatic carboxylic acids is 1. The molecule has 1 aromatic rings. The highest BCUT2D eigenvalue weighted by molar-refractivity contribution is 7.89. The molecule has 118 valence electrons. The summed E-state index contributed by atoms with van der Waals surface area (Å²) >= 11 is 0. The van der Waals surface area contributed by atoms with Crippen LogP contribution < -0.4 is 9.62 Å². The number of rotatable bonds is 8. The third-order valence-corrected chi connectivity index (χ3v) is 3.80. The van der Waals surface area contributed by atoms with E-state index in [4.69, 9.17) is 14.7 Å². The predicted molar refractivity (Wildman–Crippen MR) is 75.4 cm³/mol. The fraction of sp³-hybridized carbons (Fsp3) is 0.462. The van der Waals surface area contributed by atoms with Crippen molar-refractivity contribution in [1.82, 2.24) is 4.89 Å². The molecular weight excluding hydrogens is 298 g/mol. The molecule has 8 heteroatoms. The van der Waals surface area contributed by atoms with Crippen LogP contribution in [-0.4, -0.2) is 33.2 Å². The number of sulfonamides is 1. The molecule has 0 fully saturated rings. The molecule has 21 heavy (non-hydrogen) atoms. The van der Waals surface area contributed by atoms with Crippen molar-refractivity contribution in [3.05, 3.63) is 23.8 Å². The van der Waals surface area contributed by atoms with Crippen molar-refractivity contribution in [2.45, 2.75) is 25.2 Å². The van der Waals surface area contributed by atoms with E-state index in [-0.39, 0.29) is 23.0 Å². The Morgan fingerprint density at radius 2 is 2.05 bits per heavy atom. The number of benzene rings is 1. The molecular formula is C13H19NO6S. The highest BCUT2D eigenvalue weighted by Crippen LogP contribution is 2.22. The maximum absolute atomic E-state index is 12.1. The van der Waals surface area contributed by atoms with Gasteiger partial charge in [0, 0.05) is 0 Å². The van der Waals surface area contributed by atoms with Crippen LogP contribution in [0.5, 0.6) is 5.75 Å². The summed E-state index contributed by atoms with van der Waals surface area (Å²) in [6.45, 7) is 3.96. The molecule has 2 N–H and O–H groups in total. The van der Waals surface area contributed by atoms with E-state index in [1.807, 2.05) is 18.7 Å². The van der Waals surface area contributed by atoms with Crippen LogP contribution in [0.25, 0.3) is 0 Å². The number of carboxylic acids is 1. The zero-order chi connectivity index (χ0) is 16.0. The molecule has 0 unspecified atom stereocenters. The molecule has 0 saturated heterocycles. The van der Waals surface area contributed by atoms with E-state index in [0.717, 1.165) is 0 Å². The minimum absolute atomic E-state index is 0.127. The van der Waals surface area contributed by atoms with Gasteiger partial charge in [0.15, 0.2) is 0 Å². The fourth-order valence-corrected chi connectivity index (χ4v) is 2.61. The second kappa shape index (κ2) is 7.39. The molecule has 0 spiro atoms. The summed E-state index contributed by atoms with van der Waals surface area (Å²) in [5.41, 5.74) is 0.127. The Hall–Kier alpha value is -1.64. The molecule has 1 rings (SSSR count). The Balaban J connectivity index is 3.06. The zero-order valence-corrected chi connectivity index (χ0v) is 12.9. The van der Waals surface area contributed by atoms with Gasteiger partial charge in [-0.05, 0) is 29.7 Å². The lowest BCUT2D eigenvalue weighted by Gasteiger charge is -2.12. The first-order valence-corrected chi connectivity index (χ1v) is 7.77. The number of carbonyl (C=O) groups is 1. The maximum atomic E-state index is 12.1. The number of ether oxygens (including phenoxy) is 1. The first-order valence-electron chi connectivity index (χ1n) is 6.28. The van der Waals surface area contributed by atoms with Crippen LogP contribution in [-0.2, 0) is 26.1 Å². The molecule has 7 nitrogen and oxygen atoms in total. The summed E-state index contributed by atoms with van der Waals surface area (Å²) in [6, 6.07) is 4.12. The van der Waals surface area contributed by atoms with Gasteiger partial charge in [0.25, 0.3) is 10.0 Å². The molecule has 0 aliphatic carbocycles. The Kier molecular flexibility index (Phi) is 6.13. The van der Waals surface area contributed by atoms with Crippen LogP contribution >= 0.6 is 0 Å². The molecule has 0 amide bonds. The summed E-state index contributed by atoms with van der Waals surface area (Å²) in [4.78, 5) is 17.6. The van der Waals surface area contributed by atoms with Crippen molar-refractivity contribution in [3.8, 4) is 5.75 Å². The van der Waals surface area contributed by atoms with Gasteiger partial charge in [0.2, 0.25) is 0 Å². The molecule has 0 radical (unpaired) electrons. The van der Waals surface area contributed by atoms with Crippen molar-refractivity contribution in [3.63, 3.8) is 0 Å². The lowest BCUT2D eigenvalue weighted by atomic mass is 10.1. The largest absolute Gasteiger partial charge is 0.497 e. The smallest absolute Gasteiger partial charge is 0.307 e. The van der Waals surface area contributed by atoms with Gasteiger partial charge in [0.05, 0.1) is 25.0 Å². The summed E-state index contributed by atoms with van der Waals surface area (Å²) < 4.78 is 29.3. The number of hydrogen-bond donors (Lipinski definition) is 2. The van der Waals surface area contributed by atoms with Crippen LogP contribution in [0.1, 0.15) is 19.4 Å². The first kappa shape index (κ1) is 17.4. The maximum Gasteiger partial charge on any atom is 0.307 e. The van der Waals surface area contributed by atoms with Crippen LogP contribution in [0, 0.1) is 5.92 Å². The van der Waals surface area contributed by atoms with Crippen molar-refractivity contribution in [1.29, 1.82) is 0 Å². The minimum Gasteiger partial charge on any atom is -0.497 e. The number of nitrogens with one attached hydrogen (secondary N) is 1. The van der Waals surface area contributed by atoms with Crippen LogP contribution in [0.3, 0.4) is 0 Å². The topological polar surface area (TPSA) is 102 Å². The summed E-state index contributed by atoms with van der Waals surface area (Å²) in [5.74, 6) is -0.599. The van der Waals surface area contributed by atoms with Gasteiger partial charge in [-0.15, -0.1) is 0 Å². The van der Waals surface area contributed by atoms with Gasteiger partial charge in [-0.2, -0.15) is 0 Å². The summed E-state index contributed by atoms with van der Waals surface area (Å²) in [5, 5.41) is 8.88. The van der Waals surface area contributed by atoms with E-state index >= 15 is 0 Å².